The average Bonchev–Trinajstić information content (AvgIpc) is 2.39. The zero-order valence-corrected chi connectivity index (χ0v) is 11.6. The molecule has 0 radical (unpaired) electrons. The SMILES string of the molecule is O=S(=O)(N1CCOCC1)N1CC[C@@H]1c1ccccc1. The lowest BCUT2D eigenvalue weighted by atomic mass is 9.98. The number of benzene rings is 1. The highest BCUT2D eigenvalue weighted by Gasteiger charge is 2.41. The van der Waals surface area contributed by atoms with Crippen LogP contribution in [0.3, 0.4) is 0 Å². The number of nitrogens with zero attached hydrogens (tertiary/aromatic N) is 2. The van der Waals surface area contributed by atoms with Crippen LogP contribution in [0.2, 0.25) is 0 Å². The van der Waals surface area contributed by atoms with E-state index in [1.54, 1.807) is 4.31 Å². The van der Waals surface area contributed by atoms with E-state index in [1.165, 1.54) is 4.31 Å². The van der Waals surface area contributed by atoms with Gasteiger partial charge in [0.15, 0.2) is 0 Å². The molecule has 2 aliphatic heterocycles. The first-order chi connectivity index (χ1) is 9.19. The fourth-order valence-electron chi connectivity index (χ4n) is 2.57. The maximum Gasteiger partial charge on any atom is 0.282 e. The molecule has 0 bridgehead atoms. The topological polar surface area (TPSA) is 49.9 Å². The van der Waals surface area contributed by atoms with E-state index in [1.807, 2.05) is 30.3 Å². The summed E-state index contributed by atoms with van der Waals surface area (Å²) in [5, 5.41) is 0. The molecule has 0 amide bonds. The standard InChI is InChI=1S/C13H18N2O3S/c16-19(17,14-8-10-18-11-9-14)15-7-6-13(15)12-4-2-1-3-5-12/h1-5,13H,6-11H2/t13-/m1/s1. The molecule has 104 valence electrons. The van der Waals surface area contributed by atoms with E-state index in [9.17, 15) is 8.42 Å². The molecule has 0 spiro atoms. The molecule has 2 heterocycles. The molecule has 2 fully saturated rings. The quantitative estimate of drug-likeness (QED) is 0.831. The molecule has 3 rings (SSSR count). The van der Waals surface area contributed by atoms with Crippen molar-refractivity contribution >= 4 is 10.2 Å². The van der Waals surface area contributed by atoms with Gasteiger partial charge in [-0.05, 0) is 12.0 Å². The summed E-state index contributed by atoms with van der Waals surface area (Å²) < 4.78 is 33.4. The number of ether oxygens (including phenoxy) is 1. The summed E-state index contributed by atoms with van der Waals surface area (Å²) in [5.74, 6) is 0. The third-order valence-corrected chi connectivity index (χ3v) is 5.80. The summed E-state index contributed by atoms with van der Waals surface area (Å²) in [5.41, 5.74) is 1.07. The average molecular weight is 282 g/mol. The van der Waals surface area contributed by atoms with Crippen molar-refractivity contribution in [2.75, 3.05) is 32.8 Å². The van der Waals surface area contributed by atoms with Crippen LogP contribution in [0.4, 0.5) is 0 Å². The molecule has 1 atom stereocenters. The highest BCUT2D eigenvalue weighted by atomic mass is 32.2. The van der Waals surface area contributed by atoms with Crippen molar-refractivity contribution in [2.24, 2.45) is 0 Å². The highest BCUT2D eigenvalue weighted by molar-refractivity contribution is 7.86. The van der Waals surface area contributed by atoms with Gasteiger partial charge in [-0.2, -0.15) is 17.0 Å². The van der Waals surface area contributed by atoms with Gasteiger partial charge in [-0.15, -0.1) is 0 Å². The van der Waals surface area contributed by atoms with Crippen LogP contribution < -0.4 is 0 Å². The van der Waals surface area contributed by atoms with Gasteiger partial charge in [0.05, 0.1) is 19.3 Å². The fourth-order valence-corrected chi connectivity index (χ4v) is 4.37. The largest absolute Gasteiger partial charge is 0.379 e. The second kappa shape index (κ2) is 5.20. The predicted octanol–water partition coefficient (Wildman–Crippen LogP) is 1.01. The zero-order chi connectivity index (χ0) is 13.3. The predicted molar refractivity (Wildman–Crippen MR) is 71.8 cm³/mol. The van der Waals surface area contributed by atoms with Gasteiger partial charge in [-0.1, -0.05) is 30.3 Å². The molecule has 0 N–H and O–H groups in total. The molecule has 1 aromatic carbocycles. The van der Waals surface area contributed by atoms with Crippen molar-refractivity contribution in [1.82, 2.24) is 8.61 Å². The van der Waals surface area contributed by atoms with Crippen LogP contribution in [-0.4, -0.2) is 49.9 Å². The van der Waals surface area contributed by atoms with Crippen LogP contribution >= 0.6 is 0 Å². The Morgan fingerprint density at radius 3 is 2.32 bits per heavy atom. The van der Waals surface area contributed by atoms with E-state index in [-0.39, 0.29) is 6.04 Å². The number of hydrogen-bond donors (Lipinski definition) is 0. The molecule has 0 unspecified atom stereocenters. The summed E-state index contributed by atoms with van der Waals surface area (Å²) in [6.45, 7) is 2.51. The van der Waals surface area contributed by atoms with Crippen LogP contribution in [0, 0.1) is 0 Å². The summed E-state index contributed by atoms with van der Waals surface area (Å²) >= 11 is 0. The minimum absolute atomic E-state index is 0.00551. The number of rotatable bonds is 3. The van der Waals surface area contributed by atoms with Gasteiger partial charge in [-0.3, -0.25) is 0 Å². The Bertz CT molecular complexity index is 526. The molecule has 0 aromatic heterocycles. The summed E-state index contributed by atoms with van der Waals surface area (Å²) in [6.07, 6.45) is 0.896. The minimum atomic E-state index is -3.34. The Balaban J connectivity index is 1.78. The molecule has 2 aliphatic rings. The Hall–Kier alpha value is -0.950. The molecule has 6 heteroatoms. The van der Waals surface area contributed by atoms with E-state index >= 15 is 0 Å². The fraction of sp³-hybridized carbons (Fsp3) is 0.538. The summed E-state index contributed by atoms with van der Waals surface area (Å²) in [7, 11) is -3.34. The number of hydrogen-bond acceptors (Lipinski definition) is 3. The third-order valence-electron chi connectivity index (χ3n) is 3.75. The summed E-state index contributed by atoms with van der Waals surface area (Å²) in [6, 6.07) is 9.83. The molecular weight excluding hydrogens is 264 g/mol. The van der Waals surface area contributed by atoms with Gasteiger partial charge in [-0.25, -0.2) is 0 Å². The first kappa shape index (κ1) is 13.1. The van der Waals surface area contributed by atoms with E-state index in [0.29, 0.717) is 32.8 Å². The van der Waals surface area contributed by atoms with Crippen LogP contribution in [0.25, 0.3) is 0 Å². The Morgan fingerprint density at radius 2 is 1.74 bits per heavy atom. The second-order valence-electron chi connectivity index (χ2n) is 4.85. The molecule has 19 heavy (non-hydrogen) atoms. The van der Waals surface area contributed by atoms with Crippen LogP contribution in [-0.2, 0) is 14.9 Å². The van der Waals surface area contributed by atoms with Gasteiger partial charge >= 0.3 is 0 Å². The summed E-state index contributed by atoms with van der Waals surface area (Å²) in [4.78, 5) is 0. The van der Waals surface area contributed by atoms with Crippen LogP contribution in [0.15, 0.2) is 30.3 Å². The first-order valence-electron chi connectivity index (χ1n) is 6.59. The lowest BCUT2D eigenvalue weighted by Crippen LogP contribution is -2.54. The van der Waals surface area contributed by atoms with E-state index < -0.39 is 10.2 Å². The molecule has 5 nitrogen and oxygen atoms in total. The van der Waals surface area contributed by atoms with Gasteiger partial charge in [0.1, 0.15) is 0 Å². The maximum absolute atomic E-state index is 12.5. The Kier molecular flexibility index (Phi) is 3.58. The zero-order valence-electron chi connectivity index (χ0n) is 10.7. The molecule has 1 aromatic rings. The van der Waals surface area contributed by atoms with Crippen LogP contribution in [0.5, 0.6) is 0 Å². The third kappa shape index (κ3) is 2.41. The van der Waals surface area contributed by atoms with Crippen molar-refractivity contribution in [3.63, 3.8) is 0 Å². The molecular formula is C13H18N2O3S. The first-order valence-corrected chi connectivity index (χ1v) is 7.99. The molecule has 0 aliphatic carbocycles. The van der Waals surface area contributed by atoms with E-state index in [0.717, 1.165) is 12.0 Å². The molecule has 0 saturated carbocycles. The lowest BCUT2D eigenvalue weighted by Gasteiger charge is -2.43. The Morgan fingerprint density at radius 1 is 1.05 bits per heavy atom. The van der Waals surface area contributed by atoms with Crippen molar-refractivity contribution in [2.45, 2.75) is 12.5 Å². The van der Waals surface area contributed by atoms with E-state index in [2.05, 4.69) is 0 Å². The van der Waals surface area contributed by atoms with Gasteiger partial charge in [0.2, 0.25) is 0 Å². The monoisotopic (exact) mass is 282 g/mol. The maximum atomic E-state index is 12.5. The van der Waals surface area contributed by atoms with Crippen molar-refractivity contribution in [3.8, 4) is 0 Å². The van der Waals surface area contributed by atoms with Crippen LogP contribution in [0.1, 0.15) is 18.0 Å². The highest BCUT2D eigenvalue weighted by Crippen LogP contribution is 2.36. The minimum Gasteiger partial charge on any atom is -0.379 e. The second-order valence-corrected chi connectivity index (χ2v) is 6.73. The van der Waals surface area contributed by atoms with E-state index in [4.69, 9.17) is 4.74 Å². The van der Waals surface area contributed by atoms with Gasteiger partial charge in [0, 0.05) is 19.6 Å². The smallest absolute Gasteiger partial charge is 0.282 e. The molecule has 2 saturated heterocycles. The van der Waals surface area contributed by atoms with Gasteiger partial charge in [0.25, 0.3) is 10.2 Å². The van der Waals surface area contributed by atoms with Gasteiger partial charge < -0.3 is 4.74 Å². The Labute approximate surface area is 114 Å². The van der Waals surface area contributed by atoms with Crippen molar-refractivity contribution < 1.29 is 13.2 Å². The van der Waals surface area contributed by atoms with Crippen molar-refractivity contribution in [3.05, 3.63) is 35.9 Å². The number of morpholine rings is 1. The normalized spacial score (nSPS) is 26.0. The lowest BCUT2D eigenvalue weighted by molar-refractivity contribution is 0.0656. The van der Waals surface area contributed by atoms with Crippen molar-refractivity contribution in [1.29, 1.82) is 0 Å².